The number of rotatable bonds is 6. The van der Waals surface area contributed by atoms with Crippen LogP contribution in [0.5, 0.6) is 0 Å². The van der Waals surface area contributed by atoms with Crippen molar-refractivity contribution in [3.05, 3.63) is 22.8 Å². The van der Waals surface area contributed by atoms with Crippen LogP contribution in [0.1, 0.15) is 55.9 Å². The van der Waals surface area contributed by atoms with Crippen molar-refractivity contribution in [1.82, 2.24) is 15.3 Å². The van der Waals surface area contributed by atoms with E-state index in [0.717, 1.165) is 43.7 Å². The number of methoxy groups -OCH3 is 1. The van der Waals surface area contributed by atoms with Crippen molar-refractivity contribution in [3.63, 3.8) is 0 Å². The third-order valence-electron chi connectivity index (χ3n) is 5.02. The molecule has 0 radical (unpaired) electrons. The van der Waals surface area contributed by atoms with Crippen LogP contribution in [0.4, 0.5) is 0 Å². The molecule has 1 unspecified atom stereocenters. The summed E-state index contributed by atoms with van der Waals surface area (Å²) in [6.07, 6.45) is 5.18. The van der Waals surface area contributed by atoms with Crippen LogP contribution in [-0.2, 0) is 23.2 Å². The molecule has 0 fully saturated rings. The Morgan fingerprint density at radius 3 is 2.57 bits per heavy atom. The summed E-state index contributed by atoms with van der Waals surface area (Å²) in [5.41, 5.74) is 3.41. The number of aromatic nitrogens is 2. The van der Waals surface area contributed by atoms with Gasteiger partial charge in [0.1, 0.15) is 5.60 Å². The summed E-state index contributed by atoms with van der Waals surface area (Å²) in [5, 5.41) is 3.29. The average molecular weight is 291 g/mol. The number of nitrogens with zero attached hydrogens (tertiary/aromatic N) is 2. The summed E-state index contributed by atoms with van der Waals surface area (Å²) in [6.45, 7) is 7.49. The van der Waals surface area contributed by atoms with Gasteiger partial charge in [-0.25, -0.2) is 9.97 Å². The zero-order chi connectivity index (χ0) is 15.5. The Bertz CT molecular complexity index is 475. The van der Waals surface area contributed by atoms with E-state index in [1.165, 1.54) is 17.7 Å². The van der Waals surface area contributed by atoms with Gasteiger partial charge >= 0.3 is 0 Å². The molecule has 1 aromatic rings. The van der Waals surface area contributed by atoms with Crippen LogP contribution >= 0.6 is 0 Å². The van der Waals surface area contributed by atoms with E-state index in [1.807, 2.05) is 7.05 Å². The molecule has 118 valence electrons. The van der Waals surface area contributed by atoms with E-state index in [-0.39, 0.29) is 5.60 Å². The van der Waals surface area contributed by atoms with Crippen LogP contribution in [-0.4, -0.2) is 30.7 Å². The zero-order valence-electron chi connectivity index (χ0n) is 14.1. The second-order valence-corrected chi connectivity index (χ2v) is 6.13. The van der Waals surface area contributed by atoms with E-state index >= 15 is 0 Å². The Labute approximate surface area is 128 Å². The normalized spacial score (nSPS) is 18.6. The van der Waals surface area contributed by atoms with Gasteiger partial charge in [0.05, 0.1) is 0 Å². The van der Waals surface area contributed by atoms with Crippen molar-refractivity contribution in [1.29, 1.82) is 0 Å². The van der Waals surface area contributed by atoms with Gasteiger partial charge in [0.2, 0.25) is 0 Å². The fraction of sp³-hybridized carbons (Fsp3) is 0.765. The molecule has 4 nitrogen and oxygen atoms in total. The second-order valence-electron chi connectivity index (χ2n) is 6.13. The number of ether oxygens (including phenoxy) is 1. The van der Waals surface area contributed by atoms with Crippen LogP contribution in [0, 0.1) is 12.8 Å². The molecule has 0 bridgehead atoms. The first-order valence-corrected chi connectivity index (χ1v) is 8.16. The second kappa shape index (κ2) is 6.84. The lowest BCUT2D eigenvalue weighted by Crippen LogP contribution is -2.32. The monoisotopic (exact) mass is 291 g/mol. The molecule has 1 aromatic heterocycles. The average Bonchev–Trinajstić information content (AvgIpc) is 2.51. The number of nitrogens with one attached hydrogen (secondary N) is 1. The Morgan fingerprint density at radius 1 is 1.29 bits per heavy atom. The number of fused-ring (bicyclic) bond motifs is 1. The minimum Gasteiger partial charge on any atom is -0.370 e. The molecule has 1 N–H and O–H groups in total. The number of hydrogen-bond donors (Lipinski definition) is 1. The van der Waals surface area contributed by atoms with Crippen molar-refractivity contribution >= 4 is 0 Å². The lowest BCUT2D eigenvalue weighted by molar-refractivity contribution is -0.0295. The van der Waals surface area contributed by atoms with Gasteiger partial charge in [-0.2, -0.15) is 0 Å². The van der Waals surface area contributed by atoms with E-state index < -0.39 is 0 Å². The van der Waals surface area contributed by atoms with E-state index in [1.54, 1.807) is 7.11 Å². The third-order valence-corrected chi connectivity index (χ3v) is 5.02. The SMILES string of the molecule is CCC(CC)(OC)c1nc(C)c2c(n1)CCC(CNC)C2. The maximum atomic E-state index is 5.79. The van der Waals surface area contributed by atoms with Gasteiger partial charge in [-0.05, 0) is 64.1 Å². The minimum atomic E-state index is -0.332. The fourth-order valence-electron chi connectivity index (χ4n) is 3.47. The lowest BCUT2D eigenvalue weighted by Gasteiger charge is -2.31. The van der Waals surface area contributed by atoms with Crippen molar-refractivity contribution in [3.8, 4) is 0 Å². The molecule has 0 amide bonds. The Balaban J connectivity index is 2.36. The molecular weight excluding hydrogens is 262 g/mol. The van der Waals surface area contributed by atoms with Gasteiger partial charge in [-0.3, -0.25) is 0 Å². The molecule has 1 aliphatic carbocycles. The molecule has 0 aliphatic heterocycles. The highest BCUT2D eigenvalue weighted by Gasteiger charge is 2.33. The molecule has 1 heterocycles. The molecule has 0 saturated heterocycles. The van der Waals surface area contributed by atoms with Gasteiger partial charge < -0.3 is 10.1 Å². The van der Waals surface area contributed by atoms with Gasteiger partial charge in [-0.1, -0.05) is 13.8 Å². The predicted octanol–water partition coefficient (Wildman–Crippen LogP) is 2.77. The van der Waals surface area contributed by atoms with E-state index in [9.17, 15) is 0 Å². The van der Waals surface area contributed by atoms with E-state index in [4.69, 9.17) is 14.7 Å². The number of hydrogen-bond acceptors (Lipinski definition) is 4. The standard InChI is InChI=1S/C17H29N3O/c1-6-17(7-2,21-5)16-19-12(3)14-10-13(11-18-4)8-9-15(14)20-16/h13,18H,6-11H2,1-5H3. The Kier molecular flexibility index (Phi) is 5.33. The first-order valence-electron chi connectivity index (χ1n) is 8.16. The highest BCUT2D eigenvalue weighted by molar-refractivity contribution is 5.29. The van der Waals surface area contributed by atoms with Crippen LogP contribution in [0.15, 0.2) is 0 Å². The summed E-state index contributed by atoms with van der Waals surface area (Å²) in [7, 11) is 3.80. The zero-order valence-corrected chi connectivity index (χ0v) is 14.1. The van der Waals surface area contributed by atoms with Crippen LogP contribution in [0.25, 0.3) is 0 Å². The highest BCUT2D eigenvalue weighted by Crippen LogP contribution is 2.33. The van der Waals surface area contributed by atoms with Gasteiger partial charge in [-0.15, -0.1) is 0 Å². The molecule has 0 aromatic carbocycles. The van der Waals surface area contributed by atoms with Crippen molar-refractivity contribution < 1.29 is 4.74 Å². The Morgan fingerprint density at radius 2 is 2.00 bits per heavy atom. The molecule has 0 saturated carbocycles. The molecule has 4 heteroatoms. The maximum absolute atomic E-state index is 5.79. The van der Waals surface area contributed by atoms with Gasteiger partial charge in [0, 0.05) is 18.5 Å². The topological polar surface area (TPSA) is 47.0 Å². The summed E-state index contributed by atoms with van der Waals surface area (Å²) < 4.78 is 5.79. The summed E-state index contributed by atoms with van der Waals surface area (Å²) >= 11 is 0. The van der Waals surface area contributed by atoms with Crippen molar-refractivity contribution in [2.75, 3.05) is 20.7 Å². The van der Waals surface area contributed by atoms with Crippen molar-refractivity contribution in [2.24, 2.45) is 5.92 Å². The molecular formula is C17H29N3O. The largest absolute Gasteiger partial charge is 0.370 e. The first-order chi connectivity index (χ1) is 10.1. The van der Waals surface area contributed by atoms with Crippen molar-refractivity contribution in [2.45, 2.75) is 58.5 Å². The first kappa shape index (κ1) is 16.4. The Hall–Kier alpha value is -1.00. The molecule has 1 atom stereocenters. The third kappa shape index (κ3) is 3.11. The predicted molar refractivity (Wildman–Crippen MR) is 85.5 cm³/mol. The van der Waals surface area contributed by atoms with E-state index in [2.05, 4.69) is 26.1 Å². The highest BCUT2D eigenvalue weighted by atomic mass is 16.5. The summed E-state index contributed by atoms with van der Waals surface area (Å²) in [5.74, 6) is 1.58. The van der Waals surface area contributed by atoms with E-state index in [0.29, 0.717) is 5.92 Å². The summed E-state index contributed by atoms with van der Waals surface area (Å²) in [4.78, 5) is 9.71. The fourth-order valence-corrected chi connectivity index (χ4v) is 3.47. The maximum Gasteiger partial charge on any atom is 0.160 e. The minimum absolute atomic E-state index is 0.332. The van der Waals surface area contributed by atoms with Crippen LogP contribution in [0.3, 0.4) is 0 Å². The quantitative estimate of drug-likeness (QED) is 0.875. The smallest absolute Gasteiger partial charge is 0.160 e. The van der Waals surface area contributed by atoms with Crippen LogP contribution in [0.2, 0.25) is 0 Å². The molecule has 2 rings (SSSR count). The number of aryl methyl sites for hydroxylation is 2. The lowest BCUT2D eigenvalue weighted by atomic mass is 9.85. The molecule has 1 aliphatic rings. The van der Waals surface area contributed by atoms with Crippen LogP contribution < -0.4 is 5.32 Å². The summed E-state index contributed by atoms with van der Waals surface area (Å²) in [6, 6.07) is 0. The molecule has 21 heavy (non-hydrogen) atoms. The van der Waals surface area contributed by atoms with Gasteiger partial charge in [0.15, 0.2) is 5.82 Å². The molecule has 0 spiro atoms. The van der Waals surface area contributed by atoms with Gasteiger partial charge in [0.25, 0.3) is 0 Å².